The lowest BCUT2D eigenvalue weighted by molar-refractivity contribution is 0.0694. The van der Waals surface area contributed by atoms with Crippen molar-refractivity contribution in [2.45, 2.75) is 6.42 Å². The molecule has 0 atom stereocenters. The molecule has 2 rings (SSSR count). The van der Waals surface area contributed by atoms with Crippen molar-refractivity contribution in [3.05, 3.63) is 52.0 Å². The molecular weight excluding hydrogens is 276 g/mol. The van der Waals surface area contributed by atoms with Gasteiger partial charge in [-0.3, -0.25) is 9.78 Å². The molecule has 104 valence electrons. The number of hydrogen-bond acceptors (Lipinski definition) is 4. The maximum atomic E-state index is 12.1. The van der Waals surface area contributed by atoms with Crippen molar-refractivity contribution < 1.29 is 14.7 Å². The number of carbonyl (C=O) groups excluding carboxylic acids is 1. The van der Waals surface area contributed by atoms with Crippen LogP contribution in [-0.2, 0) is 6.42 Å². The lowest BCUT2D eigenvalue weighted by Gasteiger charge is -2.16. The van der Waals surface area contributed by atoms with Gasteiger partial charge in [0.1, 0.15) is 5.69 Å². The molecule has 0 bridgehead atoms. The normalized spacial score (nSPS) is 10.2. The predicted octanol–water partition coefficient (Wildman–Crippen LogP) is 2.16. The van der Waals surface area contributed by atoms with E-state index in [4.69, 9.17) is 5.11 Å². The van der Waals surface area contributed by atoms with E-state index in [1.165, 1.54) is 23.2 Å². The largest absolute Gasteiger partial charge is 0.478 e. The Labute approximate surface area is 120 Å². The highest BCUT2D eigenvalue weighted by Crippen LogP contribution is 2.10. The zero-order chi connectivity index (χ0) is 14.5. The van der Waals surface area contributed by atoms with Gasteiger partial charge < -0.3 is 10.0 Å². The van der Waals surface area contributed by atoms with Gasteiger partial charge in [0, 0.05) is 24.7 Å². The molecule has 0 unspecified atom stereocenters. The second-order valence-corrected chi connectivity index (χ2v) is 5.33. The van der Waals surface area contributed by atoms with Crippen molar-refractivity contribution in [3.63, 3.8) is 0 Å². The molecule has 1 amide bonds. The summed E-state index contributed by atoms with van der Waals surface area (Å²) in [6, 6.07) is 6.83. The van der Waals surface area contributed by atoms with Gasteiger partial charge in [-0.05, 0) is 30.0 Å². The molecule has 0 saturated carbocycles. The van der Waals surface area contributed by atoms with Crippen LogP contribution in [0.5, 0.6) is 0 Å². The molecule has 2 heterocycles. The molecule has 0 saturated heterocycles. The molecule has 2 aromatic heterocycles. The molecule has 2 aromatic rings. The summed E-state index contributed by atoms with van der Waals surface area (Å²) in [7, 11) is 1.71. The van der Waals surface area contributed by atoms with Crippen LogP contribution in [0.2, 0.25) is 0 Å². The van der Waals surface area contributed by atoms with E-state index >= 15 is 0 Å². The highest BCUT2D eigenvalue weighted by molar-refractivity contribution is 7.09. The van der Waals surface area contributed by atoms with E-state index in [0.29, 0.717) is 6.54 Å². The molecule has 20 heavy (non-hydrogen) atoms. The van der Waals surface area contributed by atoms with Crippen molar-refractivity contribution in [3.8, 4) is 0 Å². The average molecular weight is 290 g/mol. The van der Waals surface area contributed by atoms with Crippen LogP contribution in [0.4, 0.5) is 0 Å². The van der Waals surface area contributed by atoms with Gasteiger partial charge >= 0.3 is 5.97 Å². The van der Waals surface area contributed by atoms with Crippen molar-refractivity contribution in [1.29, 1.82) is 0 Å². The van der Waals surface area contributed by atoms with Gasteiger partial charge in [0.2, 0.25) is 0 Å². The molecule has 0 spiro atoms. The smallest absolute Gasteiger partial charge is 0.337 e. The summed E-state index contributed by atoms with van der Waals surface area (Å²) in [5, 5.41) is 10.8. The molecular formula is C14H14N2O3S. The number of amides is 1. The van der Waals surface area contributed by atoms with Crippen LogP contribution in [0, 0.1) is 0 Å². The average Bonchev–Trinajstić information content (AvgIpc) is 2.97. The summed E-state index contributed by atoms with van der Waals surface area (Å²) in [5.41, 5.74) is 0.325. The highest BCUT2D eigenvalue weighted by atomic mass is 32.1. The van der Waals surface area contributed by atoms with Crippen molar-refractivity contribution >= 4 is 23.2 Å². The monoisotopic (exact) mass is 290 g/mol. The number of rotatable bonds is 5. The van der Waals surface area contributed by atoms with Gasteiger partial charge in [0.05, 0.1) is 5.56 Å². The first-order valence-electron chi connectivity index (χ1n) is 6.05. The minimum Gasteiger partial charge on any atom is -0.478 e. The topological polar surface area (TPSA) is 70.5 Å². The maximum absolute atomic E-state index is 12.1. The summed E-state index contributed by atoms with van der Waals surface area (Å²) < 4.78 is 0. The lowest BCUT2D eigenvalue weighted by atomic mass is 10.2. The Morgan fingerprint density at radius 2 is 2.15 bits per heavy atom. The van der Waals surface area contributed by atoms with Crippen molar-refractivity contribution in [1.82, 2.24) is 9.88 Å². The van der Waals surface area contributed by atoms with Crippen LogP contribution < -0.4 is 0 Å². The van der Waals surface area contributed by atoms with Crippen LogP contribution in [-0.4, -0.2) is 40.5 Å². The molecule has 0 fully saturated rings. The Morgan fingerprint density at radius 1 is 1.35 bits per heavy atom. The van der Waals surface area contributed by atoms with E-state index in [2.05, 4.69) is 4.98 Å². The molecule has 1 N–H and O–H groups in total. The quantitative estimate of drug-likeness (QED) is 0.916. The number of aromatic carboxylic acids is 1. The minimum atomic E-state index is -1.05. The molecule has 0 radical (unpaired) electrons. The van der Waals surface area contributed by atoms with Crippen LogP contribution in [0.1, 0.15) is 25.7 Å². The molecule has 0 aliphatic rings. The molecule has 0 aliphatic heterocycles. The fourth-order valence-corrected chi connectivity index (χ4v) is 2.37. The van der Waals surface area contributed by atoms with Gasteiger partial charge in [-0.2, -0.15) is 0 Å². The fourth-order valence-electron chi connectivity index (χ4n) is 1.68. The zero-order valence-corrected chi connectivity index (χ0v) is 11.8. The number of carboxylic acid groups (broad SMARTS) is 1. The van der Waals surface area contributed by atoms with E-state index in [1.54, 1.807) is 23.3 Å². The van der Waals surface area contributed by atoms with E-state index in [-0.39, 0.29) is 17.2 Å². The molecule has 5 nitrogen and oxygen atoms in total. The first kappa shape index (κ1) is 14.2. The van der Waals surface area contributed by atoms with E-state index in [1.807, 2.05) is 17.5 Å². The Kier molecular flexibility index (Phi) is 4.47. The minimum absolute atomic E-state index is 0.0720. The number of nitrogens with zero attached hydrogens (tertiary/aromatic N) is 2. The fraction of sp³-hybridized carbons (Fsp3) is 0.214. The summed E-state index contributed by atoms with van der Waals surface area (Å²) in [6.07, 6.45) is 2.00. The van der Waals surface area contributed by atoms with Crippen molar-refractivity contribution in [2.75, 3.05) is 13.6 Å². The second kappa shape index (κ2) is 6.29. The SMILES string of the molecule is CN(CCc1cccs1)C(=O)c1ccc(C(=O)O)cn1. The van der Waals surface area contributed by atoms with Crippen molar-refractivity contribution in [2.24, 2.45) is 0 Å². The maximum Gasteiger partial charge on any atom is 0.337 e. The third-order valence-electron chi connectivity index (χ3n) is 2.85. The number of likely N-dealkylation sites (N-methyl/N-ethyl adjacent to an activating group) is 1. The van der Waals surface area contributed by atoms with E-state index in [9.17, 15) is 9.59 Å². The lowest BCUT2D eigenvalue weighted by Crippen LogP contribution is -2.29. The van der Waals surface area contributed by atoms with Gasteiger partial charge in [-0.15, -0.1) is 11.3 Å². The summed E-state index contributed by atoms with van der Waals surface area (Å²) in [6.45, 7) is 0.599. The summed E-state index contributed by atoms with van der Waals surface area (Å²) >= 11 is 1.66. The van der Waals surface area contributed by atoms with E-state index in [0.717, 1.165) is 6.42 Å². The first-order valence-corrected chi connectivity index (χ1v) is 6.93. The number of carboxylic acids is 1. The first-order chi connectivity index (χ1) is 9.58. The van der Waals surface area contributed by atoms with Gasteiger partial charge in [0.15, 0.2) is 0 Å². The summed E-state index contributed by atoms with van der Waals surface area (Å²) in [4.78, 5) is 29.5. The van der Waals surface area contributed by atoms with Crippen LogP contribution >= 0.6 is 11.3 Å². The van der Waals surface area contributed by atoms with Gasteiger partial charge in [0.25, 0.3) is 5.91 Å². The van der Waals surface area contributed by atoms with Crippen LogP contribution in [0.15, 0.2) is 35.8 Å². The Hall–Kier alpha value is -2.21. The van der Waals surface area contributed by atoms with Gasteiger partial charge in [-0.25, -0.2) is 4.79 Å². The zero-order valence-electron chi connectivity index (χ0n) is 10.9. The number of thiophene rings is 1. The third-order valence-corrected chi connectivity index (χ3v) is 3.79. The van der Waals surface area contributed by atoms with Crippen LogP contribution in [0.3, 0.4) is 0 Å². The van der Waals surface area contributed by atoms with Crippen LogP contribution in [0.25, 0.3) is 0 Å². The van der Waals surface area contributed by atoms with E-state index < -0.39 is 5.97 Å². The molecule has 6 heteroatoms. The number of hydrogen-bond donors (Lipinski definition) is 1. The third kappa shape index (κ3) is 3.42. The predicted molar refractivity (Wildman–Crippen MR) is 76.2 cm³/mol. The Bertz CT molecular complexity index is 593. The standard InChI is InChI=1S/C14H14N2O3S/c1-16(7-6-11-3-2-8-20-11)13(17)12-5-4-10(9-15-12)14(18)19/h2-5,8-9H,6-7H2,1H3,(H,18,19). The summed E-state index contributed by atoms with van der Waals surface area (Å²) in [5.74, 6) is -1.26. The molecule has 0 aliphatic carbocycles. The number of pyridine rings is 1. The highest BCUT2D eigenvalue weighted by Gasteiger charge is 2.14. The van der Waals surface area contributed by atoms with Gasteiger partial charge in [-0.1, -0.05) is 6.07 Å². The Morgan fingerprint density at radius 3 is 2.70 bits per heavy atom. The number of carbonyl (C=O) groups is 2. The second-order valence-electron chi connectivity index (χ2n) is 4.29. The number of aromatic nitrogens is 1. The Balaban J connectivity index is 1.97. The molecule has 0 aromatic carbocycles.